The first-order valence-corrected chi connectivity index (χ1v) is 8.73. The second-order valence-electron chi connectivity index (χ2n) is 5.93. The predicted octanol–water partition coefficient (Wildman–Crippen LogP) is 0.935. The summed E-state index contributed by atoms with van der Waals surface area (Å²) in [6, 6.07) is 9.92. The van der Waals surface area contributed by atoms with E-state index in [4.69, 9.17) is 0 Å². The van der Waals surface area contributed by atoms with Gasteiger partial charge in [0, 0.05) is 38.0 Å². The summed E-state index contributed by atoms with van der Waals surface area (Å²) in [6.45, 7) is 0. The normalized spacial score (nSPS) is 16.8. The highest BCUT2D eigenvalue weighted by atomic mass is 32.2. The SMILES string of the molecule is CN(C)c1ccc(N2C(=O)C[C@@H](Sc3ncccc3C(=O)[O-])C2=O)cc1. The Balaban J connectivity index is 1.82. The Labute approximate surface area is 154 Å². The minimum absolute atomic E-state index is 0.0119. The highest BCUT2D eigenvalue weighted by molar-refractivity contribution is 8.00. The van der Waals surface area contributed by atoms with Crippen LogP contribution in [-0.2, 0) is 9.59 Å². The molecule has 1 aliphatic rings. The van der Waals surface area contributed by atoms with E-state index >= 15 is 0 Å². The van der Waals surface area contributed by atoms with Gasteiger partial charge in [0.1, 0.15) is 5.03 Å². The molecule has 1 aromatic carbocycles. The van der Waals surface area contributed by atoms with E-state index in [-0.39, 0.29) is 28.8 Å². The van der Waals surface area contributed by atoms with E-state index in [1.807, 2.05) is 31.1 Å². The van der Waals surface area contributed by atoms with Gasteiger partial charge in [0.2, 0.25) is 11.8 Å². The fourth-order valence-electron chi connectivity index (χ4n) is 2.64. The average Bonchev–Trinajstić information content (AvgIpc) is 2.89. The first kappa shape index (κ1) is 17.9. The molecule has 0 spiro atoms. The number of aromatic carboxylic acids is 1. The lowest BCUT2D eigenvalue weighted by Gasteiger charge is -2.17. The molecule has 1 atom stereocenters. The summed E-state index contributed by atoms with van der Waals surface area (Å²) in [4.78, 5) is 43.3. The Morgan fingerprint density at radius 2 is 1.92 bits per heavy atom. The number of nitrogens with zero attached hydrogens (tertiary/aromatic N) is 3. The summed E-state index contributed by atoms with van der Waals surface area (Å²) in [5.74, 6) is -2.07. The third-order valence-corrected chi connectivity index (χ3v) is 5.18. The van der Waals surface area contributed by atoms with Crippen molar-refractivity contribution in [1.29, 1.82) is 0 Å². The molecule has 26 heavy (non-hydrogen) atoms. The Hall–Kier alpha value is -2.87. The van der Waals surface area contributed by atoms with Crippen molar-refractivity contribution in [1.82, 2.24) is 4.98 Å². The lowest BCUT2D eigenvalue weighted by atomic mass is 10.2. The number of imide groups is 1. The molecule has 0 radical (unpaired) electrons. The number of pyridine rings is 1. The van der Waals surface area contributed by atoms with Crippen molar-refractivity contribution in [2.24, 2.45) is 0 Å². The van der Waals surface area contributed by atoms with Crippen LogP contribution in [0, 0.1) is 0 Å². The van der Waals surface area contributed by atoms with E-state index in [9.17, 15) is 19.5 Å². The van der Waals surface area contributed by atoms with E-state index in [0.29, 0.717) is 5.69 Å². The maximum atomic E-state index is 12.7. The fourth-order valence-corrected chi connectivity index (χ4v) is 3.74. The number of thioether (sulfide) groups is 1. The Morgan fingerprint density at radius 3 is 2.54 bits per heavy atom. The van der Waals surface area contributed by atoms with Gasteiger partial charge in [0.15, 0.2) is 0 Å². The van der Waals surface area contributed by atoms with Crippen LogP contribution in [-0.4, -0.2) is 42.1 Å². The van der Waals surface area contributed by atoms with Gasteiger partial charge in [0.25, 0.3) is 0 Å². The number of anilines is 2. The van der Waals surface area contributed by atoms with Gasteiger partial charge in [-0.05, 0) is 36.4 Å². The van der Waals surface area contributed by atoms with Crippen molar-refractivity contribution in [2.75, 3.05) is 23.9 Å². The van der Waals surface area contributed by atoms with Crippen LogP contribution < -0.4 is 14.9 Å². The number of benzene rings is 1. The van der Waals surface area contributed by atoms with Crippen LogP contribution in [0.5, 0.6) is 0 Å². The molecule has 7 nitrogen and oxygen atoms in total. The van der Waals surface area contributed by atoms with Crippen LogP contribution in [0.1, 0.15) is 16.8 Å². The molecular formula is C18H16N3O4S-. The minimum Gasteiger partial charge on any atom is -0.545 e. The van der Waals surface area contributed by atoms with Crippen molar-refractivity contribution in [3.63, 3.8) is 0 Å². The summed E-state index contributed by atoms with van der Waals surface area (Å²) < 4.78 is 0. The van der Waals surface area contributed by atoms with Crippen LogP contribution >= 0.6 is 11.8 Å². The van der Waals surface area contributed by atoms with Gasteiger partial charge < -0.3 is 14.8 Å². The van der Waals surface area contributed by atoms with E-state index in [1.165, 1.54) is 18.3 Å². The van der Waals surface area contributed by atoms with Gasteiger partial charge in [-0.15, -0.1) is 0 Å². The van der Waals surface area contributed by atoms with Crippen LogP contribution in [0.4, 0.5) is 11.4 Å². The van der Waals surface area contributed by atoms with Crippen LogP contribution in [0.2, 0.25) is 0 Å². The van der Waals surface area contributed by atoms with Crippen molar-refractivity contribution in [3.8, 4) is 0 Å². The zero-order chi connectivity index (χ0) is 18.8. The van der Waals surface area contributed by atoms with E-state index in [0.717, 1.165) is 22.3 Å². The molecule has 2 amide bonds. The molecular weight excluding hydrogens is 354 g/mol. The molecule has 8 heteroatoms. The van der Waals surface area contributed by atoms with Crippen molar-refractivity contribution in [2.45, 2.75) is 16.7 Å². The molecule has 0 aliphatic carbocycles. The highest BCUT2D eigenvalue weighted by Gasteiger charge is 2.40. The molecule has 0 saturated carbocycles. The lowest BCUT2D eigenvalue weighted by Crippen LogP contribution is -2.31. The van der Waals surface area contributed by atoms with E-state index in [2.05, 4.69) is 4.98 Å². The largest absolute Gasteiger partial charge is 0.545 e. The Kier molecular flexibility index (Phi) is 4.94. The van der Waals surface area contributed by atoms with Crippen molar-refractivity contribution < 1.29 is 19.5 Å². The zero-order valence-corrected chi connectivity index (χ0v) is 15.0. The predicted molar refractivity (Wildman–Crippen MR) is 96.1 cm³/mol. The van der Waals surface area contributed by atoms with Crippen LogP contribution in [0.15, 0.2) is 47.6 Å². The van der Waals surface area contributed by atoms with E-state index < -0.39 is 11.2 Å². The molecule has 3 rings (SSSR count). The average molecular weight is 370 g/mol. The maximum Gasteiger partial charge on any atom is 0.247 e. The second-order valence-corrected chi connectivity index (χ2v) is 7.12. The zero-order valence-electron chi connectivity index (χ0n) is 14.2. The summed E-state index contributed by atoms with van der Waals surface area (Å²) >= 11 is 0.972. The molecule has 1 saturated heterocycles. The van der Waals surface area contributed by atoms with Gasteiger partial charge in [0.05, 0.1) is 16.9 Å². The first-order valence-electron chi connectivity index (χ1n) is 7.85. The monoisotopic (exact) mass is 370 g/mol. The van der Waals surface area contributed by atoms with Crippen molar-refractivity contribution >= 4 is 40.9 Å². The molecule has 1 fully saturated rings. The molecule has 2 heterocycles. The molecule has 2 aromatic rings. The number of rotatable bonds is 5. The van der Waals surface area contributed by atoms with Gasteiger partial charge in [-0.25, -0.2) is 9.88 Å². The number of carbonyl (C=O) groups excluding carboxylic acids is 3. The molecule has 0 N–H and O–H groups in total. The van der Waals surface area contributed by atoms with E-state index in [1.54, 1.807) is 12.1 Å². The molecule has 0 unspecified atom stereocenters. The number of amides is 2. The van der Waals surface area contributed by atoms with Crippen molar-refractivity contribution in [3.05, 3.63) is 48.2 Å². The Bertz CT molecular complexity index is 867. The summed E-state index contributed by atoms with van der Waals surface area (Å²) in [5.41, 5.74) is 1.35. The molecule has 1 aromatic heterocycles. The quantitative estimate of drug-likeness (QED) is 0.723. The highest BCUT2D eigenvalue weighted by Crippen LogP contribution is 2.34. The number of carbonyl (C=O) groups is 3. The number of carboxylic acid groups (broad SMARTS) is 1. The van der Waals surface area contributed by atoms with Crippen LogP contribution in [0.3, 0.4) is 0 Å². The van der Waals surface area contributed by atoms with Gasteiger partial charge >= 0.3 is 0 Å². The molecule has 0 bridgehead atoms. The smallest absolute Gasteiger partial charge is 0.247 e. The number of carboxylic acids is 1. The lowest BCUT2D eigenvalue weighted by molar-refractivity contribution is -0.255. The molecule has 134 valence electrons. The van der Waals surface area contributed by atoms with Crippen LogP contribution in [0.25, 0.3) is 0 Å². The topological polar surface area (TPSA) is 93.6 Å². The summed E-state index contributed by atoms with van der Waals surface area (Å²) in [7, 11) is 3.80. The number of aromatic nitrogens is 1. The third-order valence-electron chi connectivity index (χ3n) is 3.97. The maximum absolute atomic E-state index is 12.7. The minimum atomic E-state index is -1.37. The second kappa shape index (κ2) is 7.17. The molecule has 1 aliphatic heterocycles. The third kappa shape index (κ3) is 3.41. The number of hydrogen-bond donors (Lipinski definition) is 0. The summed E-state index contributed by atoms with van der Waals surface area (Å²) in [6.07, 6.45) is 1.43. The number of hydrogen-bond acceptors (Lipinski definition) is 7. The standard InChI is InChI=1S/C18H17N3O4S/c1-20(2)11-5-7-12(8-6-11)21-15(22)10-14(17(21)23)26-16-13(18(24)25)4-3-9-19-16/h3-9,14H,10H2,1-2H3,(H,24,25)/p-1/t14-/m1/s1. The van der Waals surface area contributed by atoms with Gasteiger partial charge in [-0.2, -0.15) is 0 Å². The van der Waals surface area contributed by atoms with Gasteiger partial charge in [-0.3, -0.25) is 9.59 Å². The fraction of sp³-hybridized carbons (Fsp3) is 0.222. The van der Waals surface area contributed by atoms with Gasteiger partial charge in [-0.1, -0.05) is 11.8 Å². The Morgan fingerprint density at radius 1 is 1.23 bits per heavy atom. The summed E-state index contributed by atoms with van der Waals surface area (Å²) in [5, 5.41) is 10.6. The first-order chi connectivity index (χ1) is 12.4.